The number of esters is 1. The molecule has 0 bridgehead atoms. The predicted molar refractivity (Wildman–Crippen MR) is 58.9 cm³/mol. The second kappa shape index (κ2) is 5.76. The van der Waals surface area contributed by atoms with Crippen LogP contribution in [0.1, 0.15) is 27.1 Å². The standard InChI is InChI=1S/C10H12O6S/c1-16-8(12)4-5(11)9(13)6-2-3-7(17-6)10(14)15/h2-3,5,9,11,13H,4H2,1H3,(H,14,15). The fraction of sp³-hybridized carbons (Fsp3) is 0.400. The molecule has 0 aliphatic rings. The first-order valence-electron chi connectivity index (χ1n) is 4.71. The molecule has 2 unspecified atom stereocenters. The van der Waals surface area contributed by atoms with Crippen LogP contribution in [0.3, 0.4) is 0 Å². The third-order valence-electron chi connectivity index (χ3n) is 2.10. The Morgan fingerprint density at radius 3 is 2.53 bits per heavy atom. The molecular formula is C10H12O6S. The predicted octanol–water partition coefficient (Wildman–Crippen LogP) is 0.404. The summed E-state index contributed by atoms with van der Waals surface area (Å²) in [5.41, 5.74) is 0. The Bertz CT molecular complexity index is 413. The molecule has 0 aliphatic heterocycles. The number of hydrogen-bond acceptors (Lipinski definition) is 6. The molecule has 0 aromatic carbocycles. The molecule has 1 heterocycles. The van der Waals surface area contributed by atoms with Gasteiger partial charge in [-0.05, 0) is 12.1 Å². The first-order valence-corrected chi connectivity index (χ1v) is 5.53. The molecule has 94 valence electrons. The number of thiophene rings is 1. The summed E-state index contributed by atoms with van der Waals surface area (Å²) in [7, 11) is 1.18. The van der Waals surface area contributed by atoms with E-state index in [0.29, 0.717) is 4.88 Å². The van der Waals surface area contributed by atoms with Crippen LogP contribution in [-0.2, 0) is 9.53 Å². The van der Waals surface area contributed by atoms with E-state index >= 15 is 0 Å². The van der Waals surface area contributed by atoms with Crippen LogP contribution < -0.4 is 0 Å². The van der Waals surface area contributed by atoms with Gasteiger partial charge >= 0.3 is 11.9 Å². The maximum absolute atomic E-state index is 10.9. The van der Waals surface area contributed by atoms with E-state index in [1.165, 1.54) is 19.2 Å². The van der Waals surface area contributed by atoms with Gasteiger partial charge in [0.05, 0.1) is 19.6 Å². The Labute approximate surface area is 101 Å². The van der Waals surface area contributed by atoms with Gasteiger partial charge in [-0.2, -0.15) is 0 Å². The van der Waals surface area contributed by atoms with Crippen LogP contribution in [0.5, 0.6) is 0 Å². The highest BCUT2D eigenvalue weighted by Gasteiger charge is 2.24. The summed E-state index contributed by atoms with van der Waals surface area (Å²) in [5.74, 6) is -1.75. The number of aromatic carboxylic acids is 1. The van der Waals surface area contributed by atoms with Crippen LogP contribution in [-0.4, -0.2) is 40.5 Å². The molecule has 6 nitrogen and oxygen atoms in total. The van der Waals surface area contributed by atoms with Gasteiger partial charge in [-0.3, -0.25) is 4.79 Å². The van der Waals surface area contributed by atoms with Crippen LogP contribution in [0.4, 0.5) is 0 Å². The first kappa shape index (κ1) is 13.6. The summed E-state index contributed by atoms with van der Waals surface area (Å²) < 4.78 is 4.35. The number of carboxylic acid groups (broad SMARTS) is 1. The number of carbonyl (C=O) groups is 2. The van der Waals surface area contributed by atoms with Crippen molar-refractivity contribution in [1.82, 2.24) is 0 Å². The van der Waals surface area contributed by atoms with Gasteiger partial charge in [-0.15, -0.1) is 11.3 Å². The Morgan fingerprint density at radius 1 is 1.41 bits per heavy atom. The lowest BCUT2D eigenvalue weighted by Crippen LogP contribution is -2.21. The van der Waals surface area contributed by atoms with Gasteiger partial charge < -0.3 is 20.1 Å². The smallest absolute Gasteiger partial charge is 0.345 e. The van der Waals surface area contributed by atoms with Crippen molar-refractivity contribution in [3.05, 3.63) is 21.9 Å². The highest BCUT2D eigenvalue weighted by atomic mass is 32.1. The average molecular weight is 260 g/mol. The maximum atomic E-state index is 10.9. The van der Waals surface area contributed by atoms with E-state index in [2.05, 4.69) is 4.74 Å². The molecule has 17 heavy (non-hydrogen) atoms. The van der Waals surface area contributed by atoms with Crippen LogP contribution in [0.25, 0.3) is 0 Å². The molecule has 0 aliphatic carbocycles. The van der Waals surface area contributed by atoms with Crippen LogP contribution >= 0.6 is 11.3 Å². The van der Waals surface area contributed by atoms with E-state index in [1.54, 1.807) is 0 Å². The van der Waals surface area contributed by atoms with E-state index in [0.717, 1.165) is 11.3 Å². The molecule has 1 aromatic heterocycles. The lowest BCUT2D eigenvalue weighted by atomic mass is 10.1. The summed E-state index contributed by atoms with van der Waals surface area (Å²) >= 11 is 0.850. The quantitative estimate of drug-likeness (QED) is 0.662. The van der Waals surface area contributed by atoms with Gasteiger partial charge in [0.2, 0.25) is 0 Å². The molecule has 3 N–H and O–H groups in total. The molecule has 0 saturated carbocycles. The number of ether oxygens (including phenoxy) is 1. The SMILES string of the molecule is COC(=O)CC(O)C(O)c1ccc(C(=O)O)s1. The van der Waals surface area contributed by atoms with Crippen molar-refractivity contribution in [1.29, 1.82) is 0 Å². The van der Waals surface area contributed by atoms with Gasteiger partial charge in [-0.1, -0.05) is 0 Å². The molecule has 0 spiro atoms. The molecule has 1 rings (SSSR count). The zero-order valence-electron chi connectivity index (χ0n) is 8.99. The third kappa shape index (κ3) is 3.52. The van der Waals surface area contributed by atoms with Crippen LogP contribution in [0.2, 0.25) is 0 Å². The topological polar surface area (TPSA) is 104 Å². The number of aliphatic hydroxyl groups is 2. The number of carboxylic acids is 1. The Kier molecular flexibility index (Phi) is 4.62. The minimum Gasteiger partial charge on any atom is -0.477 e. The molecule has 0 saturated heterocycles. The summed E-state index contributed by atoms with van der Waals surface area (Å²) in [6.45, 7) is 0. The third-order valence-corrected chi connectivity index (χ3v) is 3.24. The molecule has 7 heteroatoms. The Hall–Kier alpha value is -1.44. The average Bonchev–Trinajstić information content (AvgIpc) is 2.77. The number of carbonyl (C=O) groups excluding carboxylic acids is 1. The number of hydrogen-bond donors (Lipinski definition) is 3. The van der Waals surface area contributed by atoms with Crippen molar-refractivity contribution in [2.45, 2.75) is 18.6 Å². The fourth-order valence-electron chi connectivity index (χ4n) is 1.18. The number of aliphatic hydroxyl groups excluding tert-OH is 2. The van der Waals surface area contributed by atoms with Gasteiger partial charge in [-0.25, -0.2) is 4.79 Å². The van der Waals surface area contributed by atoms with E-state index in [9.17, 15) is 19.8 Å². The monoisotopic (exact) mass is 260 g/mol. The summed E-state index contributed by atoms with van der Waals surface area (Å²) in [5, 5.41) is 27.9. The second-order valence-electron chi connectivity index (χ2n) is 3.30. The van der Waals surface area contributed by atoms with Crippen molar-refractivity contribution >= 4 is 23.3 Å². The summed E-state index contributed by atoms with van der Waals surface area (Å²) in [6.07, 6.45) is -2.97. The number of rotatable bonds is 5. The Balaban J connectivity index is 2.70. The van der Waals surface area contributed by atoms with Crippen molar-refractivity contribution in [2.24, 2.45) is 0 Å². The first-order chi connectivity index (χ1) is 7.95. The van der Waals surface area contributed by atoms with Gasteiger partial charge in [0.1, 0.15) is 11.0 Å². The van der Waals surface area contributed by atoms with Crippen molar-refractivity contribution in [3.63, 3.8) is 0 Å². The van der Waals surface area contributed by atoms with Crippen molar-refractivity contribution in [2.75, 3.05) is 7.11 Å². The zero-order chi connectivity index (χ0) is 13.0. The Morgan fingerprint density at radius 2 is 2.06 bits per heavy atom. The summed E-state index contributed by atoms with van der Waals surface area (Å²) in [6, 6.07) is 2.73. The van der Waals surface area contributed by atoms with Gasteiger partial charge in [0.15, 0.2) is 0 Å². The van der Waals surface area contributed by atoms with E-state index in [-0.39, 0.29) is 11.3 Å². The summed E-state index contributed by atoms with van der Waals surface area (Å²) in [4.78, 5) is 21.9. The molecule has 0 amide bonds. The zero-order valence-corrected chi connectivity index (χ0v) is 9.81. The van der Waals surface area contributed by atoms with Crippen LogP contribution in [0, 0.1) is 0 Å². The largest absolute Gasteiger partial charge is 0.477 e. The van der Waals surface area contributed by atoms with E-state index < -0.39 is 24.1 Å². The lowest BCUT2D eigenvalue weighted by Gasteiger charge is -2.14. The number of methoxy groups -OCH3 is 1. The molecule has 0 radical (unpaired) electrons. The maximum Gasteiger partial charge on any atom is 0.345 e. The molecule has 0 fully saturated rings. The van der Waals surface area contributed by atoms with Gasteiger partial charge in [0.25, 0.3) is 0 Å². The molecule has 1 aromatic rings. The highest BCUT2D eigenvalue weighted by molar-refractivity contribution is 7.14. The molecular weight excluding hydrogens is 248 g/mol. The minimum absolute atomic E-state index is 0.0596. The van der Waals surface area contributed by atoms with Crippen molar-refractivity contribution < 1.29 is 29.6 Å². The van der Waals surface area contributed by atoms with E-state index in [4.69, 9.17) is 5.11 Å². The van der Waals surface area contributed by atoms with Crippen LogP contribution in [0.15, 0.2) is 12.1 Å². The fourth-order valence-corrected chi connectivity index (χ4v) is 2.07. The lowest BCUT2D eigenvalue weighted by molar-refractivity contribution is -0.144. The minimum atomic E-state index is -1.32. The van der Waals surface area contributed by atoms with Gasteiger partial charge in [0, 0.05) is 4.88 Å². The van der Waals surface area contributed by atoms with E-state index in [1.807, 2.05) is 0 Å². The second-order valence-corrected chi connectivity index (χ2v) is 4.41. The van der Waals surface area contributed by atoms with Crippen molar-refractivity contribution in [3.8, 4) is 0 Å². The highest BCUT2D eigenvalue weighted by Crippen LogP contribution is 2.26. The normalized spacial score (nSPS) is 14.1. The molecule has 2 atom stereocenters.